The van der Waals surface area contributed by atoms with Crippen LogP contribution in [-0.2, 0) is 4.79 Å². The second-order valence-electron chi connectivity index (χ2n) is 6.53. The van der Waals surface area contributed by atoms with Gasteiger partial charge in [0.2, 0.25) is 0 Å². The molecule has 4 heteroatoms. The molecule has 1 aliphatic rings. The SMILES string of the molecule is Cc1cc(C)cc(C(c2sccc2C)N2CCCC2C(=O)O)c1. The van der Waals surface area contributed by atoms with Gasteiger partial charge in [-0.3, -0.25) is 9.69 Å². The summed E-state index contributed by atoms with van der Waals surface area (Å²) in [6.07, 6.45) is 1.68. The van der Waals surface area contributed by atoms with Crippen molar-refractivity contribution in [1.82, 2.24) is 4.90 Å². The van der Waals surface area contributed by atoms with Crippen LogP contribution in [0, 0.1) is 20.8 Å². The smallest absolute Gasteiger partial charge is 0.320 e. The summed E-state index contributed by atoms with van der Waals surface area (Å²) in [6, 6.07) is 8.35. The van der Waals surface area contributed by atoms with Crippen LogP contribution in [0.3, 0.4) is 0 Å². The van der Waals surface area contributed by atoms with Gasteiger partial charge in [0.05, 0.1) is 6.04 Å². The Morgan fingerprint density at radius 2 is 1.96 bits per heavy atom. The van der Waals surface area contributed by atoms with Crippen molar-refractivity contribution in [3.63, 3.8) is 0 Å². The minimum atomic E-state index is -0.703. The summed E-state index contributed by atoms with van der Waals surface area (Å²) < 4.78 is 0. The monoisotopic (exact) mass is 329 g/mol. The van der Waals surface area contributed by atoms with Gasteiger partial charge in [0.15, 0.2) is 0 Å². The number of rotatable bonds is 4. The normalized spacial score (nSPS) is 19.9. The standard InChI is InChI=1S/C19H23NO2S/c1-12-9-13(2)11-15(10-12)17(18-14(3)6-8-23-18)20-7-4-5-16(20)19(21)22/h6,8-11,16-17H,4-5,7H2,1-3H3,(H,21,22). The molecule has 1 saturated heterocycles. The second kappa shape index (κ2) is 6.46. The Morgan fingerprint density at radius 3 is 2.52 bits per heavy atom. The molecule has 2 heterocycles. The van der Waals surface area contributed by atoms with Gasteiger partial charge in [-0.25, -0.2) is 0 Å². The van der Waals surface area contributed by atoms with Gasteiger partial charge in [0, 0.05) is 11.4 Å². The first kappa shape index (κ1) is 16.2. The van der Waals surface area contributed by atoms with Crippen molar-refractivity contribution in [3.8, 4) is 0 Å². The maximum absolute atomic E-state index is 11.7. The first-order valence-electron chi connectivity index (χ1n) is 8.08. The molecular weight excluding hydrogens is 306 g/mol. The maximum Gasteiger partial charge on any atom is 0.320 e. The molecule has 122 valence electrons. The Labute approximate surface area is 141 Å². The third-order valence-electron chi connectivity index (χ3n) is 4.62. The van der Waals surface area contributed by atoms with Crippen LogP contribution < -0.4 is 0 Å². The van der Waals surface area contributed by atoms with Crippen LogP contribution in [0.4, 0.5) is 0 Å². The Morgan fingerprint density at radius 1 is 1.26 bits per heavy atom. The molecule has 2 unspecified atom stereocenters. The van der Waals surface area contributed by atoms with Gasteiger partial charge >= 0.3 is 5.97 Å². The summed E-state index contributed by atoms with van der Waals surface area (Å²) in [5.41, 5.74) is 4.91. The van der Waals surface area contributed by atoms with Gasteiger partial charge in [-0.1, -0.05) is 29.3 Å². The zero-order valence-corrected chi connectivity index (χ0v) is 14.7. The van der Waals surface area contributed by atoms with Crippen molar-refractivity contribution in [2.45, 2.75) is 45.7 Å². The third-order valence-corrected chi connectivity index (χ3v) is 5.69. The third kappa shape index (κ3) is 3.19. The maximum atomic E-state index is 11.7. The van der Waals surface area contributed by atoms with E-state index >= 15 is 0 Å². The molecule has 2 atom stereocenters. The highest BCUT2D eigenvalue weighted by atomic mass is 32.1. The van der Waals surface area contributed by atoms with Crippen molar-refractivity contribution in [1.29, 1.82) is 0 Å². The van der Waals surface area contributed by atoms with E-state index < -0.39 is 5.97 Å². The van der Waals surface area contributed by atoms with Crippen LogP contribution in [0.5, 0.6) is 0 Å². The molecule has 1 aromatic heterocycles. The lowest BCUT2D eigenvalue weighted by atomic mass is 9.97. The summed E-state index contributed by atoms with van der Waals surface area (Å²) in [6.45, 7) is 7.17. The lowest BCUT2D eigenvalue weighted by Gasteiger charge is -2.32. The summed E-state index contributed by atoms with van der Waals surface area (Å²) in [4.78, 5) is 15.1. The molecular formula is C19H23NO2S. The summed E-state index contributed by atoms with van der Waals surface area (Å²) in [5, 5.41) is 11.7. The van der Waals surface area contributed by atoms with Gasteiger partial charge in [-0.2, -0.15) is 0 Å². The largest absolute Gasteiger partial charge is 0.480 e. The first-order valence-corrected chi connectivity index (χ1v) is 8.96. The van der Waals surface area contributed by atoms with Crippen molar-refractivity contribution >= 4 is 17.3 Å². The molecule has 0 bridgehead atoms. The summed E-state index contributed by atoms with van der Waals surface area (Å²) in [7, 11) is 0. The average molecular weight is 329 g/mol. The van der Waals surface area contributed by atoms with E-state index in [1.165, 1.54) is 27.1 Å². The molecule has 1 N–H and O–H groups in total. The van der Waals surface area contributed by atoms with Crippen LogP contribution >= 0.6 is 11.3 Å². The van der Waals surface area contributed by atoms with Gasteiger partial charge in [0.25, 0.3) is 0 Å². The molecule has 2 aromatic rings. The van der Waals surface area contributed by atoms with Crippen LogP contribution in [0.15, 0.2) is 29.6 Å². The highest BCUT2D eigenvalue weighted by Gasteiger charge is 2.37. The number of aliphatic carboxylic acids is 1. The van der Waals surface area contributed by atoms with Crippen LogP contribution in [0.2, 0.25) is 0 Å². The van der Waals surface area contributed by atoms with Gasteiger partial charge in [-0.05, 0) is 56.2 Å². The molecule has 3 rings (SSSR count). The average Bonchev–Trinajstić information content (AvgIpc) is 3.09. The van der Waals surface area contributed by atoms with Crippen molar-refractivity contribution in [3.05, 3.63) is 56.8 Å². The summed E-state index contributed by atoms with van der Waals surface area (Å²) in [5.74, 6) is -0.703. The molecule has 0 spiro atoms. The number of hydrogen-bond donors (Lipinski definition) is 1. The van der Waals surface area contributed by atoms with Gasteiger partial charge < -0.3 is 5.11 Å². The lowest BCUT2D eigenvalue weighted by Crippen LogP contribution is -2.39. The fraction of sp³-hybridized carbons (Fsp3) is 0.421. The number of hydrogen-bond acceptors (Lipinski definition) is 3. The molecule has 0 saturated carbocycles. The van der Waals surface area contributed by atoms with Crippen molar-refractivity contribution in [2.24, 2.45) is 0 Å². The zero-order valence-electron chi connectivity index (χ0n) is 13.9. The van der Waals surface area contributed by atoms with E-state index in [4.69, 9.17) is 0 Å². The van der Waals surface area contributed by atoms with Crippen LogP contribution in [0.25, 0.3) is 0 Å². The molecule has 0 aliphatic carbocycles. The predicted octanol–water partition coefficient (Wildman–Crippen LogP) is 4.31. The molecule has 1 fully saturated rings. The first-order chi connectivity index (χ1) is 11.0. The predicted molar refractivity (Wildman–Crippen MR) is 94.2 cm³/mol. The molecule has 0 amide bonds. The number of thiophene rings is 1. The number of benzene rings is 1. The van der Waals surface area contributed by atoms with E-state index in [-0.39, 0.29) is 12.1 Å². The van der Waals surface area contributed by atoms with Crippen molar-refractivity contribution in [2.75, 3.05) is 6.54 Å². The van der Waals surface area contributed by atoms with E-state index in [1.54, 1.807) is 11.3 Å². The molecule has 1 aromatic carbocycles. The Hall–Kier alpha value is -1.65. The Balaban J connectivity index is 2.11. The van der Waals surface area contributed by atoms with E-state index in [0.717, 1.165) is 19.4 Å². The number of carboxylic acid groups (broad SMARTS) is 1. The number of likely N-dealkylation sites (tertiary alicyclic amines) is 1. The summed E-state index contributed by atoms with van der Waals surface area (Å²) >= 11 is 1.73. The van der Waals surface area contributed by atoms with E-state index in [1.807, 2.05) is 0 Å². The number of aryl methyl sites for hydroxylation is 3. The number of nitrogens with zero attached hydrogens (tertiary/aromatic N) is 1. The van der Waals surface area contributed by atoms with Crippen molar-refractivity contribution < 1.29 is 9.90 Å². The van der Waals surface area contributed by atoms with Crippen LogP contribution in [0.1, 0.15) is 46.0 Å². The van der Waals surface area contributed by atoms with E-state index in [2.05, 4.69) is 55.3 Å². The van der Waals surface area contributed by atoms with Gasteiger partial charge in [0.1, 0.15) is 6.04 Å². The van der Waals surface area contributed by atoms with E-state index in [9.17, 15) is 9.90 Å². The minimum absolute atomic E-state index is 0.0391. The van der Waals surface area contributed by atoms with Crippen LogP contribution in [-0.4, -0.2) is 28.6 Å². The zero-order chi connectivity index (χ0) is 16.6. The highest BCUT2D eigenvalue weighted by molar-refractivity contribution is 7.10. The number of carboxylic acids is 1. The molecule has 0 radical (unpaired) electrons. The number of carbonyl (C=O) groups is 1. The van der Waals surface area contributed by atoms with Gasteiger partial charge in [-0.15, -0.1) is 11.3 Å². The lowest BCUT2D eigenvalue weighted by molar-refractivity contribution is -0.142. The van der Waals surface area contributed by atoms with E-state index in [0.29, 0.717) is 0 Å². The topological polar surface area (TPSA) is 40.5 Å². The molecule has 3 nitrogen and oxygen atoms in total. The Kier molecular flexibility index (Phi) is 4.55. The highest BCUT2D eigenvalue weighted by Crippen LogP contribution is 2.39. The Bertz CT molecular complexity index is 702. The second-order valence-corrected chi connectivity index (χ2v) is 7.47. The molecule has 1 aliphatic heterocycles. The minimum Gasteiger partial charge on any atom is -0.480 e. The fourth-order valence-electron chi connectivity index (χ4n) is 3.69. The quantitative estimate of drug-likeness (QED) is 0.908. The molecule has 23 heavy (non-hydrogen) atoms. The fourth-order valence-corrected chi connectivity index (χ4v) is 4.76.